The Morgan fingerprint density at radius 1 is 1.44 bits per heavy atom. The van der Waals surface area contributed by atoms with Crippen LogP contribution in [0.15, 0.2) is 0 Å². The van der Waals surface area contributed by atoms with Crippen molar-refractivity contribution in [2.75, 3.05) is 6.54 Å². The van der Waals surface area contributed by atoms with Gasteiger partial charge in [-0.3, -0.25) is 10.1 Å². The van der Waals surface area contributed by atoms with Crippen LogP contribution in [0.25, 0.3) is 0 Å². The van der Waals surface area contributed by atoms with E-state index in [-0.39, 0.29) is 23.9 Å². The van der Waals surface area contributed by atoms with Crippen LogP contribution >= 0.6 is 0 Å². The van der Waals surface area contributed by atoms with Crippen LogP contribution < -0.4 is 5.32 Å². The summed E-state index contributed by atoms with van der Waals surface area (Å²) in [5.41, 5.74) is 0. The Kier molecular flexibility index (Phi) is 4.33. The molecule has 0 spiro atoms. The molecular weight excluding hydrogens is 204 g/mol. The van der Waals surface area contributed by atoms with Crippen molar-refractivity contribution in [3.63, 3.8) is 0 Å². The summed E-state index contributed by atoms with van der Waals surface area (Å²) in [6.45, 7) is 8.79. The summed E-state index contributed by atoms with van der Waals surface area (Å²) in [6.07, 6.45) is 2.11. The fraction of sp³-hybridized carbons (Fsp3) is 0.833. The maximum absolute atomic E-state index is 11.7. The van der Waals surface area contributed by atoms with Crippen LogP contribution in [0.3, 0.4) is 0 Å². The molecule has 4 nitrogen and oxygen atoms in total. The number of carbonyl (C=O) groups excluding carboxylic acids is 2. The van der Waals surface area contributed by atoms with E-state index in [1.165, 1.54) is 0 Å². The van der Waals surface area contributed by atoms with Crippen LogP contribution in [-0.4, -0.2) is 29.4 Å². The maximum Gasteiger partial charge on any atom is 0.324 e. The molecular formula is C12H22N2O2. The number of hydrogen-bond donors (Lipinski definition) is 1. The Labute approximate surface area is 97.4 Å². The predicted molar refractivity (Wildman–Crippen MR) is 62.9 cm³/mol. The van der Waals surface area contributed by atoms with Crippen molar-refractivity contribution in [3.8, 4) is 0 Å². The van der Waals surface area contributed by atoms with Gasteiger partial charge in [0, 0.05) is 12.6 Å². The lowest BCUT2D eigenvalue weighted by molar-refractivity contribution is -0.125. The van der Waals surface area contributed by atoms with Crippen LogP contribution in [0.5, 0.6) is 0 Å². The van der Waals surface area contributed by atoms with E-state index in [4.69, 9.17) is 0 Å². The van der Waals surface area contributed by atoms with Crippen LogP contribution in [0.4, 0.5) is 4.79 Å². The SMILES string of the molecule is CCC(C)CC(C)N1CC(C)C(=O)NC1=O. The molecule has 0 bridgehead atoms. The first-order valence-electron chi connectivity index (χ1n) is 6.07. The molecule has 0 aliphatic carbocycles. The molecule has 1 fully saturated rings. The first-order valence-corrected chi connectivity index (χ1v) is 6.07. The largest absolute Gasteiger partial charge is 0.324 e. The molecule has 16 heavy (non-hydrogen) atoms. The Balaban J connectivity index is 2.58. The minimum atomic E-state index is -0.237. The van der Waals surface area contributed by atoms with E-state index in [1.54, 1.807) is 4.90 Å². The molecule has 3 amide bonds. The summed E-state index contributed by atoms with van der Waals surface area (Å²) in [5, 5.41) is 2.40. The van der Waals surface area contributed by atoms with Crippen molar-refractivity contribution < 1.29 is 9.59 Å². The average molecular weight is 226 g/mol. The van der Waals surface area contributed by atoms with Crippen molar-refractivity contribution in [2.24, 2.45) is 11.8 Å². The standard InChI is InChI=1S/C12H22N2O2/c1-5-8(2)6-10(4)14-7-9(3)11(15)13-12(14)16/h8-10H,5-7H2,1-4H3,(H,13,15,16). The van der Waals surface area contributed by atoms with E-state index in [2.05, 4.69) is 19.2 Å². The lowest BCUT2D eigenvalue weighted by Gasteiger charge is -2.35. The zero-order chi connectivity index (χ0) is 12.3. The monoisotopic (exact) mass is 226 g/mol. The summed E-state index contributed by atoms with van der Waals surface area (Å²) in [5.74, 6) is 0.352. The van der Waals surface area contributed by atoms with Crippen LogP contribution in [0, 0.1) is 11.8 Å². The second kappa shape index (κ2) is 5.32. The minimum absolute atomic E-state index is 0.0999. The molecule has 1 heterocycles. The number of nitrogens with zero attached hydrogens (tertiary/aromatic N) is 1. The van der Waals surface area contributed by atoms with Gasteiger partial charge in [0.15, 0.2) is 0 Å². The third kappa shape index (κ3) is 2.97. The average Bonchev–Trinajstić information content (AvgIpc) is 2.23. The lowest BCUT2D eigenvalue weighted by atomic mass is 9.98. The molecule has 4 heteroatoms. The number of hydrogen-bond acceptors (Lipinski definition) is 2. The molecule has 1 rings (SSSR count). The molecule has 0 aromatic heterocycles. The maximum atomic E-state index is 11.7. The number of nitrogens with one attached hydrogen (secondary N) is 1. The van der Waals surface area contributed by atoms with Crippen LogP contribution in [0.1, 0.15) is 40.5 Å². The quantitative estimate of drug-likeness (QED) is 0.797. The molecule has 0 saturated carbocycles. The second-order valence-electron chi connectivity index (χ2n) is 4.95. The number of urea groups is 1. The smallest absolute Gasteiger partial charge is 0.321 e. The van der Waals surface area contributed by atoms with Crippen LogP contribution in [0.2, 0.25) is 0 Å². The molecule has 0 aromatic carbocycles. The topological polar surface area (TPSA) is 49.4 Å². The van der Waals surface area contributed by atoms with Gasteiger partial charge >= 0.3 is 6.03 Å². The number of carbonyl (C=O) groups is 2. The molecule has 92 valence electrons. The summed E-state index contributed by atoms with van der Waals surface area (Å²) < 4.78 is 0. The van der Waals surface area contributed by atoms with Crippen molar-refractivity contribution in [1.29, 1.82) is 0 Å². The van der Waals surface area contributed by atoms with Crippen molar-refractivity contribution in [3.05, 3.63) is 0 Å². The molecule has 0 aromatic rings. The molecule has 1 saturated heterocycles. The van der Waals surface area contributed by atoms with Gasteiger partial charge in [-0.2, -0.15) is 0 Å². The predicted octanol–water partition coefficient (Wildman–Crippen LogP) is 2.00. The van der Waals surface area contributed by atoms with E-state index in [1.807, 2.05) is 13.8 Å². The third-order valence-corrected chi connectivity index (χ3v) is 3.38. The van der Waals surface area contributed by atoms with Gasteiger partial charge in [-0.1, -0.05) is 27.2 Å². The van der Waals surface area contributed by atoms with Gasteiger partial charge < -0.3 is 4.90 Å². The fourth-order valence-electron chi connectivity index (χ4n) is 2.02. The number of imide groups is 1. The third-order valence-electron chi connectivity index (χ3n) is 3.38. The molecule has 1 aliphatic heterocycles. The molecule has 1 N–H and O–H groups in total. The summed E-state index contributed by atoms with van der Waals surface area (Å²) in [7, 11) is 0. The number of rotatable bonds is 4. The summed E-state index contributed by atoms with van der Waals surface area (Å²) >= 11 is 0. The first-order chi connectivity index (χ1) is 7.45. The summed E-state index contributed by atoms with van der Waals surface area (Å²) in [6, 6.07) is -0.0376. The summed E-state index contributed by atoms with van der Waals surface area (Å²) in [4.78, 5) is 24.7. The Morgan fingerprint density at radius 2 is 2.06 bits per heavy atom. The van der Waals surface area contributed by atoms with Crippen molar-refractivity contribution in [1.82, 2.24) is 10.2 Å². The van der Waals surface area contributed by atoms with E-state index >= 15 is 0 Å². The number of amides is 3. The molecule has 3 unspecified atom stereocenters. The van der Waals surface area contributed by atoms with E-state index in [0.29, 0.717) is 12.5 Å². The Bertz CT molecular complexity index is 278. The van der Waals surface area contributed by atoms with Gasteiger partial charge in [-0.25, -0.2) is 4.79 Å². The van der Waals surface area contributed by atoms with Crippen molar-refractivity contribution >= 4 is 11.9 Å². The lowest BCUT2D eigenvalue weighted by Crippen LogP contribution is -2.56. The van der Waals surface area contributed by atoms with Gasteiger partial charge in [0.2, 0.25) is 5.91 Å². The Morgan fingerprint density at radius 3 is 2.62 bits per heavy atom. The highest BCUT2D eigenvalue weighted by atomic mass is 16.2. The van der Waals surface area contributed by atoms with E-state index in [9.17, 15) is 9.59 Å². The Hall–Kier alpha value is -1.06. The molecule has 1 aliphatic rings. The van der Waals surface area contributed by atoms with Gasteiger partial charge in [0.1, 0.15) is 0 Å². The highest BCUT2D eigenvalue weighted by Gasteiger charge is 2.32. The molecule has 0 radical (unpaired) electrons. The second-order valence-corrected chi connectivity index (χ2v) is 4.95. The molecule has 3 atom stereocenters. The first kappa shape index (κ1) is 13.0. The highest BCUT2D eigenvalue weighted by molar-refractivity contribution is 5.97. The van der Waals surface area contributed by atoms with Crippen molar-refractivity contribution in [2.45, 2.75) is 46.6 Å². The van der Waals surface area contributed by atoms with Gasteiger partial charge in [-0.15, -0.1) is 0 Å². The fourth-order valence-corrected chi connectivity index (χ4v) is 2.02. The van der Waals surface area contributed by atoms with Gasteiger partial charge in [-0.05, 0) is 19.3 Å². The van der Waals surface area contributed by atoms with Gasteiger partial charge in [0.25, 0.3) is 0 Å². The highest BCUT2D eigenvalue weighted by Crippen LogP contribution is 2.18. The zero-order valence-electron chi connectivity index (χ0n) is 10.6. The van der Waals surface area contributed by atoms with E-state index in [0.717, 1.165) is 12.8 Å². The van der Waals surface area contributed by atoms with Gasteiger partial charge in [0.05, 0.1) is 5.92 Å². The van der Waals surface area contributed by atoms with E-state index < -0.39 is 0 Å². The zero-order valence-corrected chi connectivity index (χ0v) is 10.6. The minimum Gasteiger partial charge on any atom is -0.321 e. The van der Waals surface area contributed by atoms with Crippen LogP contribution in [-0.2, 0) is 4.79 Å². The normalized spacial score (nSPS) is 25.2.